The van der Waals surface area contributed by atoms with Crippen molar-refractivity contribution in [3.05, 3.63) is 22.4 Å². The molecule has 2 unspecified atom stereocenters. The summed E-state index contributed by atoms with van der Waals surface area (Å²) in [4.78, 5) is 16.7. The third-order valence-electron chi connectivity index (χ3n) is 6.45. The molecule has 28 heavy (non-hydrogen) atoms. The van der Waals surface area contributed by atoms with Crippen LogP contribution >= 0.6 is 36.2 Å². The number of amides is 1. The highest BCUT2D eigenvalue weighted by atomic mass is 35.5. The molecule has 2 aliphatic rings. The number of likely N-dealkylation sites (tertiary alicyclic amines) is 1. The molecule has 0 bridgehead atoms. The minimum absolute atomic E-state index is 0. The van der Waals surface area contributed by atoms with Crippen molar-refractivity contribution in [1.29, 1.82) is 0 Å². The summed E-state index contributed by atoms with van der Waals surface area (Å²) in [5.41, 5.74) is 5.32. The van der Waals surface area contributed by atoms with Gasteiger partial charge in [0.2, 0.25) is 5.91 Å². The maximum Gasteiger partial charge on any atom is 0.240 e. The number of hydrogen-bond donors (Lipinski definition) is 2. The summed E-state index contributed by atoms with van der Waals surface area (Å²) in [6, 6.07) is 4.32. The van der Waals surface area contributed by atoms with E-state index in [0.717, 1.165) is 39.0 Å². The van der Waals surface area contributed by atoms with Crippen molar-refractivity contribution < 1.29 is 9.53 Å². The molecular weight excluding hydrogens is 417 g/mol. The molecule has 8 heteroatoms. The predicted octanol–water partition coefficient (Wildman–Crippen LogP) is 3.45. The highest BCUT2D eigenvalue weighted by molar-refractivity contribution is 7.09. The number of ether oxygens (including phenoxy) is 1. The third kappa shape index (κ3) is 5.21. The van der Waals surface area contributed by atoms with Gasteiger partial charge in [-0.15, -0.1) is 36.2 Å². The Morgan fingerprint density at radius 2 is 2.04 bits per heavy atom. The van der Waals surface area contributed by atoms with Crippen LogP contribution in [0.3, 0.4) is 0 Å². The zero-order chi connectivity index (χ0) is 18.8. The number of rotatable bonds is 7. The molecule has 2 atom stereocenters. The molecule has 1 amide bonds. The van der Waals surface area contributed by atoms with Gasteiger partial charge in [0, 0.05) is 36.4 Å². The lowest BCUT2D eigenvalue weighted by Crippen LogP contribution is -2.75. The number of nitrogens with one attached hydrogen (secondary N) is 1. The van der Waals surface area contributed by atoms with Gasteiger partial charge in [0.1, 0.15) is 5.54 Å². The van der Waals surface area contributed by atoms with Gasteiger partial charge in [-0.2, -0.15) is 0 Å². The second-order valence-corrected chi connectivity index (χ2v) is 9.38. The highest BCUT2D eigenvalue weighted by Gasteiger charge is 2.62. The molecule has 1 saturated heterocycles. The first kappa shape index (κ1) is 25.7. The molecule has 3 rings (SSSR count). The maximum atomic E-state index is 12.7. The van der Waals surface area contributed by atoms with E-state index in [0.29, 0.717) is 18.9 Å². The van der Waals surface area contributed by atoms with Gasteiger partial charge in [-0.3, -0.25) is 9.69 Å². The van der Waals surface area contributed by atoms with E-state index in [1.54, 1.807) is 0 Å². The molecule has 0 aromatic carbocycles. The molecule has 3 N–H and O–H groups in total. The second kappa shape index (κ2) is 10.6. The Morgan fingerprint density at radius 3 is 2.57 bits per heavy atom. The molecule has 1 saturated carbocycles. The molecule has 1 aliphatic heterocycles. The van der Waals surface area contributed by atoms with Crippen LogP contribution in [0.15, 0.2) is 17.5 Å². The lowest BCUT2D eigenvalue weighted by atomic mass is 9.54. The van der Waals surface area contributed by atoms with Gasteiger partial charge in [-0.25, -0.2) is 0 Å². The topological polar surface area (TPSA) is 67.6 Å². The van der Waals surface area contributed by atoms with Crippen molar-refractivity contribution in [2.45, 2.75) is 58.2 Å². The molecule has 2 fully saturated rings. The first-order valence-electron chi connectivity index (χ1n) is 9.80. The van der Waals surface area contributed by atoms with Gasteiger partial charge in [-0.05, 0) is 50.2 Å². The number of carbonyl (C=O) groups excluding carboxylic acids is 1. The number of thiophene rings is 1. The van der Waals surface area contributed by atoms with E-state index in [2.05, 4.69) is 27.7 Å². The Labute approximate surface area is 185 Å². The zero-order valence-corrected chi connectivity index (χ0v) is 19.6. The Kier molecular flexibility index (Phi) is 9.71. The quantitative estimate of drug-likeness (QED) is 0.665. The van der Waals surface area contributed by atoms with Crippen molar-refractivity contribution in [3.63, 3.8) is 0 Å². The normalized spacial score (nSPS) is 27.2. The Balaban J connectivity index is 0.00000196. The van der Waals surface area contributed by atoms with Crippen LogP contribution in [0.2, 0.25) is 0 Å². The Hall–Kier alpha value is -0.370. The Morgan fingerprint density at radius 1 is 1.36 bits per heavy atom. The van der Waals surface area contributed by atoms with Crippen LogP contribution in [0.25, 0.3) is 0 Å². The minimum Gasteiger partial charge on any atom is -0.378 e. The van der Waals surface area contributed by atoms with Crippen LogP contribution in [-0.4, -0.2) is 48.7 Å². The molecule has 0 radical (unpaired) electrons. The fraction of sp³-hybridized carbons (Fsp3) is 0.750. The van der Waals surface area contributed by atoms with Gasteiger partial charge in [0.25, 0.3) is 0 Å². The molecule has 2 heterocycles. The molecule has 1 aliphatic carbocycles. The van der Waals surface area contributed by atoms with Crippen LogP contribution in [0, 0.1) is 11.3 Å². The first-order valence-corrected chi connectivity index (χ1v) is 10.7. The highest BCUT2D eigenvalue weighted by Crippen LogP contribution is 2.49. The minimum atomic E-state index is -0.813. The molecule has 162 valence electrons. The number of nitrogens with zero attached hydrogens (tertiary/aromatic N) is 1. The van der Waals surface area contributed by atoms with Gasteiger partial charge in [-0.1, -0.05) is 19.9 Å². The smallest absolute Gasteiger partial charge is 0.240 e. The van der Waals surface area contributed by atoms with Crippen molar-refractivity contribution in [2.24, 2.45) is 17.1 Å². The Bertz CT molecular complexity index is 607. The van der Waals surface area contributed by atoms with E-state index < -0.39 is 5.54 Å². The van der Waals surface area contributed by atoms with Crippen LogP contribution in [0.4, 0.5) is 0 Å². The standard InChI is InChI=1S/C20H33N3O2S.2ClH/c1-4-25-17-12-20(21,19(17,2)3)18(24)22-13-15-7-9-23(10-8-15)14-16-6-5-11-26-16;;/h5-6,11,15,17H,4,7-10,12-14,21H2,1-3H3,(H,22,24);2*1H. The summed E-state index contributed by atoms with van der Waals surface area (Å²) < 4.78 is 5.72. The van der Waals surface area contributed by atoms with Crippen LogP contribution < -0.4 is 11.1 Å². The summed E-state index contributed by atoms with van der Waals surface area (Å²) in [6.45, 7) is 10.7. The largest absolute Gasteiger partial charge is 0.378 e. The summed E-state index contributed by atoms with van der Waals surface area (Å²) in [6.07, 6.45) is 2.95. The summed E-state index contributed by atoms with van der Waals surface area (Å²) in [7, 11) is 0. The molecule has 0 spiro atoms. The number of halogens is 2. The lowest BCUT2D eigenvalue weighted by Gasteiger charge is -2.57. The van der Waals surface area contributed by atoms with Crippen molar-refractivity contribution in [1.82, 2.24) is 10.2 Å². The average molecular weight is 452 g/mol. The second-order valence-electron chi connectivity index (χ2n) is 8.35. The number of piperidine rings is 1. The van der Waals surface area contributed by atoms with Crippen molar-refractivity contribution >= 4 is 42.1 Å². The summed E-state index contributed by atoms with van der Waals surface area (Å²) in [5.74, 6) is 0.535. The molecule has 5 nitrogen and oxygen atoms in total. The van der Waals surface area contributed by atoms with Crippen LogP contribution in [0.5, 0.6) is 0 Å². The van der Waals surface area contributed by atoms with E-state index in [-0.39, 0.29) is 42.2 Å². The van der Waals surface area contributed by atoms with Crippen molar-refractivity contribution in [2.75, 3.05) is 26.2 Å². The van der Waals surface area contributed by atoms with E-state index in [4.69, 9.17) is 10.5 Å². The van der Waals surface area contributed by atoms with Gasteiger partial charge in [0.15, 0.2) is 0 Å². The van der Waals surface area contributed by atoms with E-state index in [9.17, 15) is 4.79 Å². The van der Waals surface area contributed by atoms with E-state index >= 15 is 0 Å². The summed E-state index contributed by atoms with van der Waals surface area (Å²) >= 11 is 1.82. The van der Waals surface area contributed by atoms with Gasteiger partial charge >= 0.3 is 0 Å². The van der Waals surface area contributed by atoms with E-state index in [1.165, 1.54) is 4.88 Å². The third-order valence-corrected chi connectivity index (χ3v) is 7.31. The zero-order valence-electron chi connectivity index (χ0n) is 17.1. The monoisotopic (exact) mass is 451 g/mol. The molecule has 1 aromatic rings. The molecular formula is C20H35Cl2N3O2S. The molecule has 1 aromatic heterocycles. The number of hydrogen-bond acceptors (Lipinski definition) is 5. The first-order chi connectivity index (χ1) is 12.4. The average Bonchev–Trinajstić information content (AvgIpc) is 3.13. The lowest BCUT2D eigenvalue weighted by molar-refractivity contribution is -0.170. The van der Waals surface area contributed by atoms with E-state index in [1.807, 2.05) is 32.1 Å². The SMILES string of the molecule is CCOC1CC(N)(C(=O)NCC2CCN(Cc3cccs3)CC2)C1(C)C.Cl.Cl. The number of carbonyl (C=O) groups is 1. The van der Waals surface area contributed by atoms with Crippen LogP contribution in [0.1, 0.15) is 44.9 Å². The van der Waals surface area contributed by atoms with Crippen molar-refractivity contribution in [3.8, 4) is 0 Å². The van der Waals surface area contributed by atoms with Crippen LogP contribution in [-0.2, 0) is 16.1 Å². The summed E-state index contributed by atoms with van der Waals surface area (Å²) in [5, 5.41) is 5.27. The van der Waals surface area contributed by atoms with Gasteiger partial charge in [0.05, 0.1) is 6.10 Å². The predicted molar refractivity (Wildman–Crippen MR) is 121 cm³/mol. The van der Waals surface area contributed by atoms with Gasteiger partial charge < -0.3 is 15.8 Å². The number of nitrogens with two attached hydrogens (primary N) is 1. The fourth-order valence-electron chi connectivity index (χ4n) is 4.19. The maximum absolute atomic E-state index is 12.7. The fourth-order valence-corrected chi connectivity index (χ4v) is 4.93.